The number of ether oxygens (including phenoxy) is 1. The highest BCUT2D eigenvalue weighted by Crippen LogP contribution is 2.42. The Morgan fingerprint density at radius 2 is 1.82 bits per heavy atom. The third-order valence-corrected chi connectivity index (χ3v) is 6.00. The average Bonchev–Trinajstić information content (AvgIpc) is 3.39. The molecule has 1 N–H and O–H groups in total. The third-order valence-electron chi connectivity index (χ3n) is 6.00. The van der Waals surface area contributed by atoms with Crippen molar-refractivity contribution in [3.63, 3.8) is 0 Å². The van der Waals surface area contributed by atoms with Crippen molar-refractivity contribution in [1.29, 1.82) is 0 Å². The van der Waals surface area contributed by atoms with Gasteiger partial charge in [-0.15, -0.1) is 0 Å². The molecule has 1 fully saturated rings. The van der Waals surface area contributed by atoms with Gasteiger partial charge in [-0.3, -0.25) is 9.59 Å². The SMILES string of the molecule is COc1ccc(C2CC(=O)N(c3ccc(NC(=O)C(F)(F)F)cc3)C2)c2c1oc1ccccc12. The minimum Gasteiger partial charge on any atom is -0.493 e. The fourth-order valence-electron chi connectivity index (χ4n) is 4.42. The number of benzene rings is 3. The number of carbonyl (C=O) groups is 2. The fourth-order valence-corrected chi connectivity index (χ4v) is 4.42. The van der Waals surface area contributed by atoms with Gasteiger partial charge in [0.1, 0.15) is 5.58 Å². The quantitative estimate of drug-likeness (QED) is 0.422. The van der Waals surface area contributed by atoms with E-state index in [1.807, 2.05) is 36.4 Å². The van der Waals surface area contributed by atoms with E-state index in [0.717, 1.165) is 21.9 Å². The number of para-hydroxylation sites is 1. The lowest BCUT2D eigenvalue weighted by atomic mass is 9.93. The average molecular weight is 468 g/mol. The molecule has 9 heteroatoms. The molecule has 34 heavy (non-hydrogen) atoms. The van der Waals surface area contributed by atoms with Crippen LogP contribution in [-0.4, -0.2) is 31.6 Å². The van der Waals surface area contributed by atoms with Crippen LogP contribution in [0.5, 0.6) is 5.75 Å². The molecule has 1 aliphatic heterocycles. The molecule has 4 aromatic rings. The van der Waals surface area contributed by atoms with Crippen LogP contribution >= 0.6 is 0 Å². The van der Waals surface area contributed by atoms with E-state index in [9.17, 15) is 22.8 Å². The van der Waals surface area contributed by atoms with Crippen molar-refractivity contribution in [2.45, 2.75) is 18.5 Å². The first-order chi connectivity index (χ1) is 16.3. The predicted octanol–water partition coefficient (Wildman–Crippen LogP) is 5.62. The largest absolute Gasteiger partial charge is 0.493 e. The van der Waals surface area contributed by atoms with Crippen LogP contribution in [0.2, 0.25) is 0 Å². The Hall–Kier alpha value is -4.01. The highest BCUT2D eigenvalue weighted by Gasteiger charge is 2.39. The molecule has 1 aromatic heterocycles. The summed E-state index contributed by atoms with van der Waals surface area (Å²) < 4.78 is 48.9. The Balaban J connectivity index is 1.44. The van der Waals surface area contributed by atoms with Gasteiger partial charge in [0.15, 0.2) is 11.3 Å². The van der Waals surface area contributed by atoms with Gasteiger partial charge in [-0.25, -0.2) is 0 Å². The highest BCUT2D eigenvalue weighted by atomic mass is 19.4. The summed E-state index contributed by atoms with van der Waals surface area (Å²) in [5, 5.41) is 3.64. The molecule has 0 saturated carbocycles. The van der Waals surface area contributed by atoms with E-state index in [1.165, 1.54) is 24.3 Å². The molecular formula is C25H19F3N2O4. The monoisotopic (exact) mass is 468 g/mol. The number of hydrogen-bond donors (Lipinski definition) is 1. The van der Waals surface area contributed by atoms with E-state index in [4.69, 9.17) is 9.15 Å². The van der Waals surface area contributed by atoms with Gasteiger partial charge >= 0.3 is 12.1 Å². The molecular weight excluding hydrogens is 449 g/mol. The zero-order valence-electron chi connectivity index (χ0n) is 18.0. The van der Waals surface area contributed by atoms with Gasteiger partial charge in [-0.1, -0.05) is 24.3 Å². The normalized spacial score (nSPS) is 16.4. The van der Waals surface area contributed by atoms with E-state index in [1.54, 1.807) is 17.3 Å². The molecule has 1 saturated heterocycles. The van der Waals surface area contributed by atoms with Crippen molar-refractivity contribution >= 4 is 45.1 Å². The van der Waals surface area contributed by atoms with E-state index in [-0.39, 0.29) is 23.9 Å². The van der Waals surface area contributed by atoms with Crippen molar-refractivity contribution in [1.82, 2.24) is 0 Å². The molecule has 5 rings (SSSR count). The summed E-state index contributed by atoms with van der Waals surface area (Å²) in [6.45, 7) is 0.397. The third kappa shape index (κ3) is 3.72. The maximum atomic E-state index is 12.9. The van der Waals surface area contributed by atoms with Crippen molar-refractivity contribution in [3.05, 3.63) is 66.2 Å². The number of rotatable bonds is 4. The Bertz CT molecular complexity index is 1410. The number of nitrogens with one attached hydrogen (secondary N) is 1. The summed E-state index contributed by atoms with van der Waals surface area (Å²) in [5.41, 5.74) is 2.85. The second kappa shape index (κ2) is 8.09. The number of fused-ring (bicyclic) bond motifs is 3. The first-order valence-corrected chi connectivity index (χ1v) is 10.5. The Kier molecular flexibility index (Phi) is 5.19. The minimum absolute atomic E-state index is 0.00370. The summed E-state index contributed by atoms with van der Waals surface area (Å²) in [6, 6.07) is 17.1. The Morgan fingerprint density at radius 3 is 2.53 bits per heavy atom. The molecule has 2 amide bonds. The molecule has 3 aromatic carbocycles. The summed E-state index contributed by atoms with van der Waals surface area (Å²) in [5.74, 6) is -1.67. The topological polar surface area (TPSA) is 71.8 Å². The van der Waals surface area contributed by atoms with Gasteiger partial charge in [-0.2, -0.15) is 13.2 Å². The maximum absolute atomic E-state index is 12.9. The van der Waals surface area contributed by atoms with E-state index in [2.05, 4.69) is 0 Å². The number of carbonyl (C=O) groups excluding carboxylic acids is 2. The van der Waals surface area contributed by atoms with Gasteiger partial charge in [-0.05, 0) is 42.0 Å². The van der Waals surface area contributed by atoms with Gasteiger partial charge in [0.05, 0.1) is 7.11 Å². The number of nitrogens with zero attached hydrogens (tertiary/aromatic N) is 1. The van der Waals surface area contributed by atoms with E-state index >= 15 is 0 Å². The number of anilines is 2. The summed E-state index contributed by atoms with van der Waals surface area (Å²) >= 11 is 0. The minimum atomic E-state index is -4.97. The predicted molar refractivity (Wildman–Crippen MR) is 121 cm³/mol. The number of hydrogen-bond acceptors (Lipinski definition) is 4. The van der Waals surface area contributed by atoms with Gasteiger partial charge in [0.25, 0.3) is 0 Å². The molecule has 6 nitrogen and oxygen atoms in total. The number of halogens is 3. The number of alkyl halides is 3. The summed E-state index contributed by atoms with van der Waals surface area (Å²) in [4.78, 5) is 25.6. The molecule has 0 spiro atoms. The van der Waals surface area contributed by atoms with E-state index < -0.39 is 12.1 Å². The molecule has 2 heterocycles. The molecule has 0 bridgehead atoms. The molecule has 174 valence electrons. The van der Waals surface area contributed by atoms with Gasteiger partial charge < -0.3 is 19.4 Å². The zero-order chi connectivity index (χ0) is 24.0. The molecule has 0 radical (unpaired) electrons. The van der Waals surface area contributed by atoms with Crippen molar-refractivity contribution in [2.24, 2.45) is 0 Å². The van der Waals surface area contributed by atoms with Crippen LogP contribution in [0, 0.1) is 0 Å². The number of methoxy groups -OCH3 is 1. The second-order valence-corrected chi connectivity index (χ2v) is 8.06. The van der Waals surface area contributed by atoms with Crippen molar-refractivity contribution < 1.29 is 31.9 Å². The molecule has 1 unspecified atom stereocenters. The van der Waals surface area contributed by atoms with Crippen LogP contribution in [-0.2, 0) is 9.59 Å². The highest BCUT2D eigenvalue weighted by molar-refractivity contribution is 6.09. The number of amides is 2. The van der Waals surface area contributed by atoms with E-state index in [0.29, 0.717) is 23.6 Å². The van der Waals surface area contributed by atoms with Crippen LogP contribution in [0.4, 0.5) is 24.5 Å². The van der Waals surface area contributed by atoms with Gasteiger partial charge in [0, 0.05) is 41.0 Å². The first kappa shape index (κ1) is 21.8. The summed E-state index contributed by atoms with van der Waals surface area (Å²) in [7, 11) is 1.57. The first-order valence-electron chi connectivity index (χ1n) is 10.5. The standard InChI is InChI=1S/C25H19F3N2O4/c1-33-20-11-10-17(22-18-4-2-3-5-19(18)34-23(20)22)14-12-21(31)30(13-14)16-8-6-15(7-9-16)29-24(32)25(26,27)28/h2-11,14H,12-13H2,1H3,(H,29,32). The lowest BCUT2D eigenvalue weighted by Gasteiger charge is -2.18. The smallest absolute Gasteiger partial charge is 0.471 e. The lowest BCUT2D eigenvalue weighted by Crippen LogP contribution is -2.30. The molecule has 1 aliphatic rings. The second-order valence-electron chi connectivity index (χ2n) is 8.06. The Labute approximate surface area is 191 Å². The van der Waals surface area contributed by atoms with Crippen LogP contribution in [0.15, 0.2) is 65.1 Å². The van der Waals surface area contributed by atoms with Crippen molar-refractivity contribution in [2.75, 3.05) is 23.9 Å². The van der Waals surface area contributed by atoms with Crippen LogP contribution in [0.1, 0.15) is 17.9 Å². The Morgan fingerprint density at radius 1 is 1.09 bits per heavy atom. The van der Waals surface area contributed by atoms with Gasteiger partial charge in [0.2, 0.25) is 5.91 Å². The zero-order valence-corrected chi connectivity index (χ0v) is 18.0. The maximum Gasteiger partial charge on any atom is 0.471 e. The molecule has 1 atom stereocenters. The fraction of sp³-hybridized carbons (Fsp3) is 0.200. The van der Waals surface area contributed by atoms with Crippen LogP contribution in [0.25, 0.3) is 21.9 Å². The van der Waals surface area contributed by atoms with Crippen LogP contribution < -0.4 is 15.0 Å². The molecule has 0 aliphatic carbocycles. The van der Waals surface area contributed by atoms with Crippen molar-refractivity contribution in [3.8, 4) is 5.75 Å². The number of furan rings is 1. The lowest BCUT2D eigenvalue weighted by molar-refractivity contribution is -0.167. The summed E-state index contributed by atoms with van der Waals surface area (Å²) in [6.07, 6.45) is -4.70. The van der Waals surface area contributed by atoms with Crippen LogP contribution in [0.3, 0.4) is 0 Å².